The number of ether oxygens (including phenoxy) is 2. The fourth-order valence-electron chi connectivity index (χ4n) is 3.92. The Morgan fingerprint density at radius 2 is 0.765 bits per heavy atom. The Bertz CT molecular complexity index is 2370. The molecule has 0 aromatic rings. The van der Waals surface area contributed by atoms with Crippen molar-refractivity contribution in [3.05, 3.63) is 0 Å². The van der Waals surface area contributed by atoms with Crippen molar-refractivity contribution in [2.24, 2.45) is 0 Å². The van der Waals surface area contributed by atoms with Crippen molar-refractivity contribution in [3.8, 4) is 0 Å². The molecule has 1 aliphatic rings. The second-order valence-electron chi connectivity index (χ2n) is 9.48. The van der Waals surface area contributed by atoms with Crippen LogP contribution in [0.4, 0.5) is 0 Å². The standard InChI is InChI=1S/C12H24O37S9.9K.H2O/c13-50(14)44-8-4(1-39-51(15,16)17)42-12(11(49-58(36,37)38)10(8)48-57(33,34)35)43-7(5(45-54(24,25)26)2-40-52(18,19)20)9(47-56(30,31)32)6(46-55(27,28)29)3-41-53(21,22)23;;;;;;;;;;/h4-12H,1-3H2,(H,13,14)(H,15,16,17)(H,18,19,20)(H,21,22,23)(H,24,25,26)(H,27,28,29)(H,30,31,32)(H,33,34,35)(H,36,37,38);;;;;;;;;;1H2/q;9*+1;/p-10/t4-,5-,6+,7-,8-,9-,10+,11-,12-;;;;;;;;;;/m1........../s1. The van der Waals surface area contributed by atoms with E-state index in [4.69, 9.17) is 9.47 Å². The van der Waals surface area contributed by atoms with Crippen molar-refractivity contribution in [1.82, 2.24) is 0 Å². The summed E-state index contributed by atoms with van der Waals surface area (Å²) >= 11 is -4.14. The maximum absolute atomic E-state index is 11.8. The van der Waals surface area contributed by atoms with Gasteiger partial charge in [-0.15, -0.1) is 0 Å². The summed E-state index contributed by atoms with van der Waals surface area (Å²) in [5, 5.41) is 0. The van der Waals surface area contributed by atoms with E-state index in [-0.39, 0.29) is 468 Å². The summed E-state index contributed by atoms with van der Waals surface area (Å²) in [4.78, 5) is 0. The zero-order valence-corrected chi connectivity index (χ0v) is 71.0. The molecule has 0 radical (unpaired) electrons. The van der Waals surface area contributed by atoms with Crippen LogP contribution >= 0.6 is 0 Å². The summed E-state index contributed by atoms with van der Waals surface area (Å²) in [5.41, 5.74) is 0. The minimum Gasteiger partial charge on any atom is -0.870 e. The van der Waals surface area contributed by atoms with Gasteiger partial charge < -0.3 is 55.9 Å². The largest absolute Gasteiger partial charge is 1.00 e. The Labute approximate surface area is 773 Å². The Balaban J connectivity index is -0.000000420. The normalized spacial score (nSPS) is 21.1. The summed E-state index contributed by atoms with van der Waals surface area (Å²) in [7, 11) is -51.8. The summed E-state index contributed by atoms with van der Waals surface area (Å²) in [6.07, 6.45) is -32.6. The molecule has 1 heterocycles. The third-order valence-electron chi connectivity index (χ3n) is 5.43. The molecule has 0 aromatic carbocycles. The van der Waals surface area contributed by atoms with Gasteiger partial charge >= 0.3 is 462 Å². The number of hydrogen-bond acceptors (Lipinski definition) is 38. The van der Waals surface area contributed by atoms with Crippen LogP contribution in [0.5, 0.6) is 0 Å². The SMILES string of the molecule is O=S([O-])O[C@H]1[C@H](OS(=O)(=O)[O-])[C@@H](OS(=O)(=O)[O-])[C@@H](O[C@@H]([C@H](OS(=O)(=O)[O-])[C@H](COS(=O)(=O)[O-])OS(=O)(=O)[O-])[C@@H](COS(=O)(=O)[O-])OS(=O)(=O)[O-])O[C@@H]1COS(=O)(=O)[O-].[K+].[K+].[K+].[K+].[K+].[K+].[K+].[K+].[K+].[OH-]. The molecular weight excluding hydrogens is 1390 g/mol. The Kier molecular flexibility index (Phi) is 69.7. The van der Waals surface area contributed by atoms with Crippen LogP contribution in [0.1, 0.15) is 0 Å². The zero-order chi connectivity index (χ0) is 45.7. The van der Waals surface area contributed by atoms with Crippen LogP contribution in [0, 0.1) is 0 Å². The van der Waals surface area contributed by atoms with E-state index in [9.17, 15) is 113 Å². The van der Waals surface area contributed by atoms with Crippen LogP contribution in [-0.2, 0) is 142 Å². The summed E-state index contributed by atoms with van der Waals surface area (Å²) in [6.45, 7) is -7.14. The van der Waals surface area contributed by atoms with Crippen LogP contribution in [0.15, 0.2) is 0 Å². The average Bonchev–Trinajstić information content (AvgIpc) is 2.92. The van der Waals surface area contributed by atoms with Crippen molar-refractivity contribution in [3.63, 3.8) is 0 Å². The van der Waals surface area contributed by atoms with Crippen LogP contribution in [-0.4, -0.2) is 193 Å². The molecular formula is C12H16K9O38S9-. The first-order chi connectivity index (χ1) is 25.5. The summed E-state index contributed by atoms with van der Waals surface area (Å²) in [6, 6.07) is 0. The molecule has 56 heteroatoms. The van der Waals surface area contributed by atoms with E-state index < -0.39 is 169 Å². The van der Waals surface area contributed by atoms with Gasteiger partial charge in [-0.25, -0.2) is 71.6 Å². The maximum Gasteiger partial charge on any atom is 1.00 e. The van der Waals surface area contributed by atoms with Gasteiger partial charge in [0.15, 0.2) is 12.4 Å². The maximum atomic E-state index is 11.8. The van der Waals surface area contributed by atoms with Crippen molar-refractivity contribution in [1.29, 1.82) is 0 Å². The average molecular weight is 1410 g/mol. The molecule has 0 spiro atoms. The van der Waals surface area contributed by atoms with E-state index in [1.54, 1.807) is 0 Å². The third-order valence-corrected chi connectivity index (χ3v) is 9.42. The van der Waals surface area contributed by atoms with Crippen molar-refractivity contribution >= 4 is 94.6 Å². The van der Waals surface area contributed by atoms with Crippen molar-refractivity contribution in [2.45, 2.75) is 55.1 Å². The quantitative estimate of drug-likeness (QED) is 0.0336. The van der Waals surface area contributed by atoms with E-state index in [1.165, 1.54) is 0 Å². The molecule has 1 rings (SSSR count). The van der Waals surface area contributed by atoms with Gasteiger partial charge in [-0.05, 0) is 0 Å². The van der Waals surface area contributed by atoms with Gasteiger partial charge in [0.05, 0.1) is 31.2 Å². The van der Waals surface area contributed by atoms with E-state index in [0.717, 1.165) is 0 Å². The summed E-state index contributed by atoms with van der Waals surface area (Å²) in [5.74, 6) is 0. The Hall–Kier alpha value is 13.6. The minimum absolute atomic E-state index is 0. The van der Waals surface area contributed by atoms with Crippen molar-refractivity contribution < 1.29 is 628 Å². The molecule has 1 unspecified atom stereocenters. The molecule has 1 fully saturated rings. The Morgan fingerprint density at radius 1 is 0.441 bits per heavy atom. The van der Waals surface area contributed by atoms with Gasteiger partial charge in [0.2, 0.25) is 83.2 Å². The zero-order valence-electron chi connectivity index (χ0n) is 35.5. The monoisotopic (exact) mass is 1410 g/mol. The summed E-state index contributed by atoms with van der Waals surface area (Å²) < 4.78 is 341. The first-order valence-electron chi connectivity index (χ1n) is 12.6. The third kappa shape index (κ3) is 52.7. The molecule has 356 valence electrons. The van der Waals surface area contributed by atoms with Gasteiger partial charge in [0.25, 0.3) is 0 Å². The van der Waals surface area contributed by atoms with Crippen LogP contribution in [0.3, 0.4) is 0 Å². The van der Waals surface area contributed by atoms with E-state index in [2.05, 4.69) is 37.6 Å². The second kappa shape index (κ2) is 45.8. The number of hydrogen-bond donors (Lipinski definition) is 0. The molecule has 0 aromatic heterocycles. The van der Waals surface area contributed by atoms with E-state index in [1.807, 2.05) is 0 Å². The van der Waals surface area contributed by atoms with Crippen LogP contribution < -0.4 is 462 Å². The number of rotatable bonds is 26. The molecule has 38 nitrogen and oxygen atoms in total. The van der Waals surface area contributed by atoms with Gasteiger partial charge in [-0.1, -0.05) is 0 Å². The fraction of sp³-hybridized carbons (Fsp3) is 1.00. The molecule has 1 saturated heterocycles. The second-order valence-corrected chi connectivity index (χ2v) is 18.3. The van der Waals surface area contributed by atoms with Gasteiger partial charge in [0.1, 0.15) is 42.7 Å². The van der Waals surface area contributed by atoms with Crippen LogP contribution in [0.2, 0.25) is 0 Å². The molecule has 1 N–H and O–H groups in total. The molecule has 0 amide bonds. The van der Waals surface area contributed by atoms with Crippen LogP contribution in [0.25, 0.3) is 0 Å². The molecule has 0 aliphatic carbocycles. The van der Waals surface area contributed by atoms with Gasteiger partial charge in [0, 0.05) is 0 Å². The molecule has 1 aliphatic heterocycles. The fourth-order valence-corrected chi connectivity index (χ4v) is 7.64. The van der Waals surface area contributed by atoms with E-state index in [0.29, 0.717) is 0 Å². The smallest absolute Gasteiger partial charge is 0.870 e. The van der Waals surface area contributed by atoms with Crippen molar-refractivity contribution in [2.75, 3.05) is 19.8 Å². The van der Waals surface area contributed by atoms with Gasteiger partial charge in [-0.3, -0.25) is 37.6 Å². The first kappa shape index (κ1) is 103. The molecule has 0 bridgehead atoms. The first-order valence-corrected chi connectivity index (χ1v) is 24.3. The molecule has 68 heavy (non-hydrogen) atoms. The van der Waals surface area contributed by atoms with Gasteiger partial charge in [-0.2, -0.15) is 0 Å². The van der Waals surface area contributed by atoms with E-state index >= 15 is 0 Å². The topological polar surface area (TPSA) is 629 Å². The molecule has 0 saturated carbocycles. The Morgan fingerprint density at radius 3 is 1.06 bits per heavy atom. The minimum atomic E-state index is -6.79. The predicted octanol–water partition coefficient (Wildman–Crippen LogP) is -37.2. The predicted molar refractivity (Wildman–Crippen MR) is 149 cm³/mol. The molecule has 10 atom stereocenters.